The first-order valence-electron chi connectivity index (χ1n) is 8.21. The molecule has 3 rings (SSSR count). The van der Waals surface area contributed by atoms with E-state index in [0.29, 0.717) is 16.6 Å². The van der Waals surface area contributed by atoms with E-state index in [2.05, 4.69) is 20.9 Å². The molecule has 0 saturated carbocycles. The molecule has 0 bridgehead atoms. The SMILES string of the molecule is CO[C@H]1C[C@@H](CN2CCCC2)N(c2ncc(Cl)c(C)c2C#N)C1. The lowest BCUT2D eigenvalue weighted by Gasteiger charge is -2.30. The summed E-state index contributed by atoms with van der Waals surface area (Å²) >= 11 is 6.14. The van der Waals surface area contributed by atoms with Crippen LogP contribution in [0, 0.1) is 18.3 Å². The molecule has 2 aliphatic heterocycles. The Morgan fingerprint density at radius 2 is 2.17 bits per heavy atom. The van der Waals surface area contributed by atoms with Gasteiger partial charge in [0.05, 0.1) is 16.7 Å². The Bertz CT molecular complexity index is 609. The maximum Gasteiger partial charge on any atom is 0.147 e. The highest BCUT2D eigenvalue weighted by Crippen LogP contribution is 2.32. The summed E-state index contributed by atoms with van der Waals surface area (Å²) in [5.74, 6) is 0.748. The van der Waals surface area contributed by atoms with Crippen molar-refractivity contribution >= 4 is 17.4 Å². The molecule has 23 heavy (non-hydrogen) atoms. The van der Waals surface area contributed by atoms with Gasteiger partial charge in [0, 0.05) is 32.4 Å². The van der Waals surface area contributed by atoms with Crippen LogP contribution in [-0.4, -0.2) is 55.3 Å². The maximum atomic E-state index is 9.56. The van der Waals surface area contributed by atoms with Gasteiger partial charge in [-0.05, 0) is 44.8 Å². The third-order valence-electron chi connectivity index (χ3n) is 5.02. The van der Waals surface area contributed by atoms with Gasteiger partial charge in [0.25, 0.3) is 0 Å². The van der Waals surface area contributed by atoms with Crippen LogP contribution in [0.4, 0.5) is 5.82 Å². The molecule has 124 valence electrons. The molecule has 0 amide bonds. The highest BCUT2D eigenvalue weighted by molar-refractivity contribution is 6.31. The average Bonchev–Trinajstić information content (AvgIpc) is 3.20. The first-order chi connectivity index (χ1) is 11.1. The van der Waals surface area contributed by atoms with E-state index in [9.17, 15) is 5.26 Å². The normalized spacial score (nSPS) is 25.0. The number of nitrogens with zero attached hydrogens (tertiary/aromatic N) is 4. The summed E-state index contributed by atoms with van der Waals surface area (Å²) in [5.41, 5.74) is 1.39. The summed E-state index contributed by atoms with van der Waals surface area (Å²) in [6.07, 6.45) is 5.37. The van der Waals surface area contributed by atoms with Gasteiger partial charge in [0.15, 0.2) is 0 Å². The summed E-state index contributed by atoms with van der Waals surface area (Å²) in [4.78, 5) is 9.23. The van der Waals surface area contributed by atoms with Gasteiger partial charge in [-0.2, -0.15) is 5.26 Å². The predicted molar refractivity (Wildman–Crippen MR) is 90.9 cm³/mol. The van der Waals surface area contributed by atoms with Gasteiger partial charge in [-0.1, -0.05) is 11.6 Å². The molecular weight excluding hydrogens is 312 g/mol. The molecule has 2 fully saturated rings. The standard InChI is InChI=1S/C17H23ClN4O/c1-12-15(8-19)17(20-9-16(12)18)22-11-14(23-2)7-13(22)10-21-5-3-4-6-21/h9,13-14H,3-7,10-11H2,1-2H3/t13-,14-/m0/s1. The Morgan fingerprint density at radius 1 is 1.43 bits per heavy atom. The lowest BCUT2D eigenvalue weighted by Crippen LogP contribution is -2.40. The van der Waals surface area contributed by atoms with Crippen LogP contribution in [0.3, 0.4) is 0 Å². The second-order valence-corrected chi connectivity index (χ2v) is 6.86. The quantitative estimate of drug-likeness (QED) is 0.847. The van der Waals surface area contributed by atoms with E-state index in [1.54, 1.807) is 13.3 Å². The molecule has 1 aromatic heterocycles. The van der Waals surface area contributed by atoms with Crippen LogP contribution in [0.2, 0.25) is 5.02 Å². The van der Waals surface area contributed by atoms with E-state index in [-0.39, 0.29) is 6.10 Å². The molecule has 6 heteroatoms. The molecular formula is C17H23ClN4O. The number of pyridine rings is 1. The van der Waals surface area contributed by atoms with E-state index in [1.807, 2.05) is 6.92 Å². The number of halogens is 1. The zero-order chi connectivity index (χ0) is 16.4. The summed E-state index contributed by atoms with van der Waals surface area (Å²) in [6, 6.07) is 2.62. The second kappa shape index (κ2) is 7.04. The highest BCUT2D eigenvalue weighted by Gasteiger charge is 2.36. The van der Waals surface area contributed by atoms with Crippen molar-refractivity contribution in [2.45, 2.75) is 38.3 Å². The summed E-state index contributed by atoms with van der Waals surface area (Å²) in [6.45, 7) is 6.00. The van der Waals surface area contributed by atoms with Gasteiger partial charge in [-0.25, -0.2) is 4.98 Å². The third-order valence-corrected chi connectivity index (χ3v) is 5.40. The predicted octanol–water partition coefficient (Wildman–Crippen LogP) is 2.60. The molecule has 5 nitrogen and oxygen atoms in total. The molecule has 0 radical (unpaired) electrons. The summed E-state index contributed by atoms with van der Waals surface area (Å²) < 4.78 is 5.59. The topological polar surface area (TPSA) is 52.4 Å². The molecule has 2 atom stereocenters. The minimum atomic E-state index is 0.187. The van der Waals surface area contributed by atoms with Gasteiger partial charge in [0.1, 0.15) is 11.9 Å². The Hall–Kier alpha value is -1.35. The minimum absolute atomic E-state index is 0.187. The number of ether oxygens (including phenoxy) is 1. The van der Waals surface area contributed by atoms with Crippen LogP contribution in [0.15, 0.2) is 6.20 Å². The van der Waals surface area contributed by atoms with E-state index < -0.39 is 0 Å². The fourth-order valence-electron chi connectivity index (χ4n) is 3.66. The number of nitriles is 1. The van der Waals surface area contributed by atoms with Crippen LogP contribution in [0.1, 0.15) is 30.4 Å². The van der Waals surface area contributed by atoms with Crippen molar-refractivity contribution in [1.82, 2.24) is 9.88 Å². The summed E-state index contributed by atoms with van der Waals surface area (Å²) in [5, 5.41) is 10.1. The lowest BCUT2D eigenvalue weighted by atomic mass is 10.1. The van der Waals surface area contributed by atoms with Gasteiger partial charge in [0.2, 0.25) is 0 Å². The maximum absolute atomic E-state index is 9.56. The first kappa shape index (κ1) is 16.5. The molecule has 0 unspecified atom stereocenters. The number of likely N-dealkylation sites (tertiary alicyclic amines) is 1. The average molecular weight is 335 g/mol. The van der Waals surface area contributed by atoms with E-state index >= 15 is 0 Å². The van der Waals surface area contributed by atoms with E-state index in [1.165, 1.54) is 25.9 Å². The van der Waals surface area contributed by atoms with Crippen molar-refractivity contribution in [2.24, 2.45) is 0 Å². The van der Waals surface area contributed by atoms with Crippen molar-refractivity contribution in [1.29, 1.82) is 5.26 Å². The third kappa shape index (κ3) is 3.30. The van der Waals surface area contributed by atoms with Crippen molar-refractivity contribution in [2.75, 3.05) is 38.2 Å². The minimum Gasteiger partial charge on any atom is -0.380 e. The van der Waals surface area contributed by atoms with Crippen molar-refractivity contribution < 1.29 is 4.74 Å². The highest BCUT2D eigenvalue weighted by atomic mass is 35.5. The zero-order valence-electron chi connectivity index (χ0n) is 13.8. The Kier molecular flexibility index (Phi) is 5.05. The molecule has 0 aromatic carbocycles. The molecule has 2 saturated heterocycles. The van der Waals surface area contributed by atoms with Crippen molar-refractivity contribution in [3.05, 3.63) is 22.3 Å². The largest absolute Gasteiger partial charge is 0.380 e. The number of aromatic nitrogens is 1. The Balaban J connectivity index is 1.89. The molecule has 0 N–H and O–H groups in total. The monoisotopic (exact) mass is 334 g/mol. The second-order valence-electron chi connectivity index (χ2n) is 6.45. The smallest absolute Gasteiger partial charge is 0.147 e. The molecule has 1 aromatic rings. The number of methoxy groups -OCH3 is 1. The number of hydrogen-bond acceptors (Lipinski definition) is 5. The number of rotatable bonds is 4. The molecule has 2 aliphatic rings. The first-order valence-corrected chi connectivity index (χ1v) is 8.58. The lowest BCUT2D eigenvalue weighted by molar-refractivity contribution is 0.116. The van der Waals surface area contributed by atoms with Crippen LogP contribution in [0.25, 0.3) is 0 Å². The summed E-state index contributed by atoms with van der Waals surface area (Å²) in [7, 11) is 1.76. The van der Waals surface area contributed by atoms with Crippen LogP contribution in [-0.2, 0) is 4.74 Å². The zero-order valence-corrected chi connectivity index (χ0v) is 14.5. The van der Waals surface area contributed by atoms with E-state index in [0.717, 1.165) is 30.9 Å². The van der Waals surface area contributed by atoms with Crippen LogP contribution < -0.4 is 4.90 Å². The van der Waals surface area contributed by atoms with Gasteiger partial charge >= 0.3 is 0 Å². The molecule has 0 spiro atoms. The van der Waals surface area contributed by atoms with E-state index in [4.69, 9.17) is 16.3 Å². The Labute approximate surface area is 142 Å². The van der Waals surface area contributed by atoms with Crippen molar-refractivity contribution in [3.8, 4) is 6.07 Å². The number of hydrogen-bond donors (Lipinski definition) is 0. The fraction of sp³-hybridized carbons (Fsp3) is 0.647. The Morgan fingerprint density at radius 3 is 2.83 bits per heavy atom. The fourth-order valence-corrected chi connectivity index (χ4v) is 3.80. The van der Waals surface area contributed by atoms with Gasteiger partial charge in [-0.3, -0.25) is 0 Å². The van der Waals surface area contributed by atoms with Crippen molar-refractivity contribution in [3.63, 3.8) is 0 Å². The molecule has 0 aliphatic carbocycles. The van der Waals surface area contributed by atoms with Gasteiger partial charge in [-0.15, -0.1) is 0 Å². The van der Waals surface area contributed by atoms with Crippen LogP contribution >= 0.6 is 11.6 Å². The molecule has 3 heterocycles. The number of anilines is 1. The van der Waals surface area contributed by atoms with Gasteiger partial charge < -0.3 is 14.5 Å². The van der Waals surface area contributed by atoms with Crippen LogP contribution in [0.5, 0.6) is 0 Å².